The molecule has 27 heavy (non-hydrogen) atoms. The van der Waals surface area contributed by atoms with Gasteiger partial charge in [0.2, 0.25) is 5.95 Å². The van der Waals surface area contributed by atoms with Crippen LogP contribution in [0.2, 0.25) is 0 Å². The van der Waals surface area contributed by atoms with Gasteiger partial charge in [0.05, 0.1) is 5.56 Å². The van der Waals surface area contributed by atoms with E-state index in [1.165, 1.54) is 19.0 Å². The van der Waals surface area contributed by atoms with Gasteiger partial charge in [-0.05, 0) is 25.0 Å². The number of nitrogens with zero attached hydrogens (tertiary/aromatic N) is 5. The highest BCUT2D eigenvalue weighted by molar-refractivity contribution is 5.94. The monoisotopic (exact) mass is 366 g/mol. The number of pyridine rings is 1. The average molecular weight is 366 g/mol. The van der Waals surface area contributed by atoms with Gasteiger partial charge in [-0.1, -0.05) is 12.8 Å². The highest BCUT2D eigenvalue weighted by atomic mass is 16.2. The molecule has 0 spiro atoms. The van der Waals surface area contributed by atoms with Crippen molar-refractivity contribution in [2.75, 3.05) is 18.0 Å². The Kier molecular flexibility index (Phi) is 4.95. The molecule has 2 aromatic rings. The van der Waals surface area contributed by atoms with Crippen molar-refractivity contribution >= 4 is 17.9 Å². The van der Waals surface area contributed by atoms with Crippen LogP contribution in [0.15, 0.2) is 36.9 Å². The van der Waals surface area contributed by atoms with Crippen molar-refractivity contribution in [3.05, 3.63) is 48.0 Å². The predicted octanol–water partition coefficient (Wildman–Crippen LogP) is 1.99. The van der Waals surface area contributed by atoms with Crippen LogP contribution in [0.5, 0.6) is 0 Å². The quantitative estimate of drug-likeness (QED) is 0.874. The summed E-state index contributed by atoms with van der Waals surface area (Å²) in [7, 11) is 0. The van der Waals surface area contributed by atoms with E-state index in [0.717, 1.165) is 24.9 Å². The van der Waals surface area contributed by atoms with Crippen molar-refractivity contribution < 1.29 is 9.59 Å². The normalized spacial score (nSPS) is 17.6. The zero-order chi connectivity index (χ0) is 18.6. The Labute approximate surface area is 157 Å². The van der Waals surface area contributed by atoms with Gasteiger partial charge in [-0.25, -0.2) is 14.8 Å². The number of aromatic nitrogens is 3. The van der Waals surface area contributed by atoms with Crippen molar-refractivity contribution in [3.63, 3.8) is 0 Å². The van der Waals surface area contributed by atoms with Crippen molar-refractivity contribution in [1.82, 2.24) is 25.2 Å². The van der Waals surface area contributed by atoms with E-state index in [1.807, 2.05) is 4.90 Å². The van der Waals surface area contributed by atoms with Crippen molar-refractivity contribution in [1.29, 1.82) is 0 Å². The Morgan fingerprint density at radius 1 is 1.15 bits per heavy atom. The first-order valence-corrected chi connectivity index (χ1v) is 9.29. The van der Waals surface area contributed by atoms with Gasteiger partial charge < -0.3 is 10.2 Å². The Morgan fingerprint density at radius 3 is 2.63 bits per heavy atom. The van der Waals surface area contributed by atoms with Crippen LogP contribution in [-0.2, 0) is 6.54 Å². The van der Waals surface area contributed by atoms with Crippen LogP contribution in [0, 0.1) is 0 Å². The lowest BCUT2D eigenvalue weighted by atomic mass is 10.2. The van der Waals surface area contributed by atoms with Crippen LogP contribution in [-0.4, -0.2) is 50.9 Å². The number of carbonyl (C=O) groups is 2. The standard InChI is InChI=1S/C19H22N6O2/c26-17(15-4-3-7-20-13-15)21-10-14-11-22-18(23-12-14)25-9-8-24(19(25)27)16-5-1-2-6-16/h3-4,7,11-13,16H,1-2,5-6,8-10H2,(H,21,26). The first-order valence-electron chi connectivity index (χ1n) is 9.29. The molecule has 1 N–H and O–H groups in total. The zero-order valence-electron chi connectivity index (χ0n) is 15.0. The van der Waals surface area contributed by atoms with Crippen molar-refractivity contribution in [2.45, 2.75) is 38.3 Å². The minimum atomic E-state index is -0.200. The summed E-state index contributed by atoms with van der Waals surface area (Å²) in [6.07, 6.45) is 11.0. The van der Waals surface area contributed by atoms with Gasteiger partial charge in [0.25, 0.3) is 5.91 Å². The van der Waals surface area contributed by atoms with E-state index in [0.29, 0.717) is 30.6 Å². The van der Waals surface area contributed by atoms with Crippen LogP contribution in [0.1, 0.15) is 41.6 Å². The molecule has 1 aliphatic heterocycles. The van der Waals surface area contributed by atoms with E-state index in [1.54, 1.807) is 35.6 Å². The molecule has 2 aliphatic rings. The lowest BCUT2D eigenvalue weighted by Crippen LogP contribution is -2.38. The molecule has 2 fully saturated rings. The lowest BCUT2D eigenvalue weighted by Gasteiger charge is -2.23. The molecule has 1 aliphatic carbocycles. The summed E-state index contributed by atoms with van der Waals surface area (Å²) in [6.45, 7) is 1.67. The molecule has 0 atom stereocenters. The maximum absolute atomic E-state index is 12.7. The van der Waals surface area contributed by atoms with Gasteiger partial charge in [-0.2, -0.15) is 0 Å². The number of rotatable bonds is 5. The molecular weight excluding hydrogens is 344 g/mol. The van der Waals surface area contributed by atoms with Crippen LogP contribution < -0.4 is 10.2 Å². The molecule has 140 valence electrons. The molecule has 3 heterocycles. The fraction of sp³-hybridized carbons (Fsp3) is 0.421. The minimum absolute atomic E-state index is 0.000435. The molecule has 2 aromatic heterocycles. The fourth-order valence-corrected chi connectivity index (χ4v) is 3.65. The van der Waals surface area contributed by atoms with E-state index in [9.17, 15) is 9.59 Å². The second-order valence-electron chi connectivity index (χ2n) is 6.88. The van der Waals surface area contributed by atoms with E-state index < -0.39 is 0 Å². The molecule has 1 saturated heterocycles. The Morgan fingerprint density at radius 2 is 1.93 bits per heavy atom. The summed E-state index contributed by atoms with van der Waals surface area (Å²) in [5.74, 6) is 0.219. The number of nitrogens with one attached hydrogen (secondary N) is 1. The number of amides is 3. The molecule has 1 saturated carbocycles. The Bertz CT molecular complexity index is 805. The topological polar surface area (TPSA) is 91.3 Å². The molecule has 3 amide bonds. The zero-order valence-corrected chi connectivity index (χ0v) is 15.0. The van der Waals surface area contributed by atoms with E-state index in [4.69, 9.17) is 0 Å². The highest BCUT2D eigenvalue weighted by Crippen LogP contribution is 2.27. The summed E-state index contributed by atoms with van der Waals surface area (Å²) in [6, 6.07) is 3.79. The number of anilines is 1. The van der Waals surface area contributed by atoms with Gasteiger partial charge in [0.15, 0.2) is 0 Å². The number of hydrogen-bond donors (Lipinski definition) is 1. The number of hydrogen-bond acceptors (Lipinski definition) is 5. The first kappa shape index (κ1) is 17.4. The lowest BCUT2D eigenvalue weighted by molar-refractivity contribution is 0.0950. The molecule has 0 bridgehead atoms. The molecule has 4 rings (SSSR count). The van der Waals surface area contributed by atoms with E-state index >= 15 is 0 Å². The first-order chi connectivity index (χ1) is 13.2. The average Bonchev–Trinajstić information content (AvgIpc) is 3.37. The van der Waals surface area contributed by atoms with E-state index in [-0.39, 0.29) is 11.9 Å². The summed E-state index contributed by atoms with van der Waals surface area (Å²) >= 11 is 0. The van der Waals surface area contributed by atoms with Crippen molar-refractivity contribution in [3.8, 4) is 0 Å². The van der Waals surface area contributed by atoms with Gasteiger partial charge >= 0.3 is 6.03 Å². The van der Waals surface area contributed by atoms with Crippen LogP contribution in [0.3, 0.4) is 0 Å². The number of carbonyl (C=O) groups excluding carboxylic acids is 2. The Balaban J connectivity index is 1.35. The second kappa shape index (κ2) is 7.69. The van der Waals surface area contributed by atoms with Crippen LogP contribution >= 0.6 is 0 Å². The summed E-state index contributed by atoms with van der Waals surface area (Å²) in [5.41, 5.74) is 1.28. The maximum Gasteiger partial charge on any atom is 0.327 e. The molecule has 0 unspecified atom stereocenters. The van der Waals surface area contributed by atoms with E-state index in [2.05, 4.69) is 20.3 Å². The third-order valence-corrected chi connectivity index (χ3v) is 5.12. The van der Waals surface area contributed by atoms with Gasteiger partial charge in [-0.3, -0.25) is 14.7 Å². The summed E-state index contributed by atoms with van der Waals surface area (Å²) < 4.78 is 0. The van der Waals surface area contributed by atoms with Gasteiger partial charge in [0, 0.05) is 56.0 Å². The summed E-state index contributed by atoms with van der Waals surface area (Å²) in [5, 5.41) is 2.81. The molecule has 8 nitrogen and oxygen atoms in total. The molecule has 0 aromatic carbocycles. The van der Waals surface area contributed by atoms with Crippen LogP contribution in [0.25, 0.3) is 0 Å². The van der Waals surface area contributed by atoms with Crippen LogP contribution in [0.4, 0.5) is 10.7 Å². The Hall–Kier alpha value is -3.03. The van der Waals surface area contributed by atoms with Crippen molar-refractivity contribution in [2.24, 2.45) is 0 Å². The number of urea groups is 1. The fourth-order valence-electron chi connectivity index (χ4n) is 3.65. The molecular formula is C19H22N6O2. The minimum Gasteiger partial charge on any atom is -0.348 e. The van der Waals surface area contributed by atoms with Gasteiger partial charge in [-0.15, -0.1) is 0 Å². The largest absolute Gasteiger partial charge is 0.348 e. The smallest absolute Gasteiger partial charge is 0.327 e. The third kappa shape index (κ3) is 3.74. The maximum atomic E-state index is 12.7. The SMILES string of the molecule is O=C(NCc1cnc(N2CCN(C3CCCC3)C2=O)nc1)c1cccnc1. The highest BCUT2D eigenvalue weighted by Gasteiger charge is 2.36. The molecule has 8 heteroatoms. The molecule has 0 radical (unpaired) electrons. The van der Waals surface area contributed by atoms with Gasteiger partial charge in [0.1, 0.15) is 0 Å². The third-order valence-electron chi connectivity index (χ3n) is 5.12. The summed E-state index contributed by atoms with van der Waals surface area (Å²) in [4.78, 5) is 40.9. The second-order valence-corrected chi connectivity index (χ2v) is 6.88. The predicted molar refractivity (Wildman–Crippen MR) is 99.1 cm³/mol.